The number of Topliss-reactive ketones (excluding diaryl/α,β-unsaturated/α-hetero) is 1. The Morgan fingerprint density at radius 3 is 2.20 bits per heavy atom. The molecule has 0 aliphatic rings. The van der Waals surface area contributed by atoms with Crippen molar-refractivity contribution in [2.75, 3.05) is 5.32 Å². The number of rotatable bonds is 4. The third-order valence-electron chi connectivity index (χ3n) is 2.82. The van der Waals surface area contributed by atoms with E-state index in [1.165, 1.54) is 0 Å². The van der Waals surface area contributed by atoms with E-state index in [2.05, 4.69) is 21.2 Å². The fourth-order valence-electron chi connectivity index (χ4n) is 1.73. The molecule has 0 atom stereocenters. The van der Waals surface area contributed by atoms with E-state index in [1.807, 2.05) is 31.2 Å². The van der Waals surface area contributed by atoms with Gasteiger partial charge in [0.2, 0.25) is 5.91 Å². The van der Waals surface area contributed by atoms with E-state index >= 15 is 0 Å². The van der Waals surface area contributed by atoms with Crippen LogP contribution in [-0.4, -0.2) is 11.7 Å². The van der Waals surface area contributed by atoms with Crippen LogP contribution in [0.4, 0.5) is 5.69 Å². The largest absolute Gasteiger partial charge is 0.326 e. The van der Waals surface area contributed by atoms with Crippen LogP contribution in [0.15, 0.2) is 53.0 Å². The number of halogens is 1. The summed E-state index contributed by atoms with van der Waals surface area (Å²) >= 11 is 3.30. The zero-order valence-corrected chi connectivity index (χ0v) is 12.6. The minimum absolute atomic E-state index is 0.157. The Labute approximate surface area is 126 Å². The number of carbonyl (C=O) groups excluding carboxylic acids is 2. The molecule has 0 spiro atoms. The van der Waals surface area contributed by atoms with Crippen molar-refractivity contribution in [2.24, 2.45) is 0 Å². The van der Waals surface area contributed by atoms with E-state index in [1.54, 1.807) is 24.3 Å². The van der Waals surface area contributed by atoms with Crippen LogP contribution in [0.25, 0.3) is 0 Å². The lowest BCUT2D eigenvalue weighted by Gasteiger charge is -2.05. The summed E-state index contributed by atoms with van der Waals surface area (Å²) in [4.78, 5) is 23.7. The highest BCUT2D eigenvalue weighted by Gasteiger charge is 2.11. The molecule has 0 heterocycles. The molecule has 1 N–H and O–H groups in total. The van der Waals surface area contributed by atoms with Crippen LogP contribution in [0, 0.1) is 6.92 Å². The van der Waals surface area contributed by atoms with Gasteiger partial charge in [0.05, 0.1) is 6.42 Å². The number of amides is 1. The van der Waals surface area contributed by atoms with Gasteiger partial charge in [0.25, 0.3) is 0 Å². The fraction of sp³-hybridized carbons (Fsp3) is 0.125. The van der Waals surface area contributed by atoms with Gasteiger partial charge in [-0.15, -0.1) is 0 Å². The third kappa shape index (κ3) is 4.03. The molecule has 0 bridgehead atoms. The van der Waals surface area contributed by atoms with E-state index in [-0.39, 0.29) is 18.1 Å². The predicted molar refractivity (Wildman–Crippen MR) is 82.9 cm³/mol. The van der Waals surface area contributed by atoms with E-state index in [4.69, 9.17) is 0 Å². The average molecular weight is 332 g/mol. The molecule has 4 heteroatoms. The standard InChI is InChI=1S/C16H14BrNO2/c1-11-2-8-14(9-3-11)18-16(20)10-15(19)12-4-6-13(17)7-5-12/h2-9H,10H2,1H3,(H,18,20). The maximum absolute atomic E-state index is 11.9. The van der Waals surface area contributed by atoms with Crippen molar-refractivity contribution >= 4 is 33.3 Å². The molecule has 0 saturated carbocycles. The van der Waals surface area contributed by atoms with Gasteiger partial charge in [-0.1, -0.05) is 45.8 Å². The first kappa shape index (κ1) is 14.5. The molecule has 0 aliphatic heterocycles. The Bertz CT molecular complexity index is 618. The lowest BCUT2D eigenvalue weighted by atomic mass is 10.1. The Balaban J connectivity index is 1.95. The summed E-state index contributed by atoms with van der Waals surface area (Å²) in [6.07, 6.45) is -0.157. The highest BCUT2D eigenvalue weighted by atomic mass is 79.9. The van der Waals surface area contributed by atoms with Crippen molar-refractivity contribution in [1.82, 2.24) is 0 Å². The second kappa shape index (κ2) is 6.48. The van der Waals surface area contributed by atoms with Crippen molar-refractivity contribution < 1.29 is 9.59 Å². The molecule has 0 fully saturated rings. The smallest absolute Gasteiger partial charge is 0.232 e. The van der Waals surface area contributed by atoms with Crippen LogP contribution in [-0.2, 0) is 4.79 Å². The number of anilines is 1. The molecule has 20 heavy (non-hydrogen) atoms. The highest BCUT2D eigenvalue weighted by molar-refractivity contribution is 9.10. The topological polar surface area (TPSA) is 46.2 Å². The first-order valence-corrected chi connectivity index (χ1v) is 6.99. The first-order chi connectivity index (χ1) is 9.54. The second-order valence-electron chi connectivity index (χ2n) is 4.52. The van der Waals surface area contributed by atoms with E-state index in [0.29, 0.717) is 11.3 Å². The number of ketones is 1. The van der Waals surface area contributed by atoms with Crippen LogP contribution < -0.4 is 5.32 Å². The van der Waals surface area contributed by atoms with E-state index in [0.717, 1.165) is 10.0 Å². The molecule has 3 nitrogen and oxygen atoms in total. The number of carbonyl (C=O) groups is 2. The normalized spacial score (nSPS) is 10.1. The summed E-state index contributed by atoms with van der Waals surface area (Å²) in [7, 11) is 0. The lowest BCUT2D eigenvalue weighted by Crippen LogP contribution is -2.16. The van der Waals surface area contributed by atoms with Crippen LogP contribution in [0.3, 0.4) is 0 Å². The monoisotopic (exact) mass is 331 g/mol. The van der Waals surface area contributed by atoms with Gasteiger partial charge in [-0.25, -0.2) is 0 Å². The number of hydrogen-bond donors (Lipinski definition) is 1. The number of hydrogen-bond acceptors (Lipinski definition) is 2. The number of benzene rings is 2. The third-order valence-corrected chi connectivity index (χ3v) is 3.35. The summed E-state index contributed by atoms with van der Waals surface area (Å²) < 4.78 is 0.901. The van der Waals surface area contributed by atoms with Gasteiger partial charge in [-0.05, 0) is 31.2 Å². The van der Waals surface area contributed by atoms with E-state index in [9.17, 15) is 9.59 Å². The van der Waals surface area contributed by atoms with Gasteiger partial charge in [-0.3, -0.25) is 9.59 Å². The van der Waals surface area contributed by atoms with Gasteiger partial charge in [-0.2, -0.15) is 0 Å². The van der Waals surface area contributed by atoms with Crippen LogP contribution >= 0.6 is 15.9 Å². The number of nitrogens with one attached hydrogen (secondary N) is 1. The predicted octanol–water partition coefficient (Wildman–Crippen LogP) is 3.97. The van der Waals surface area contributed by atoms with Crippen molar-refractivity contribution in [3.63, 3.8) is 0 Å². The second-order valence-corrected chi connectivity index (χ2v) is 5.44. The summed E-state index contributed by atoms with van der Waals surface area (Å²) in [5.41, 5.74) is 2.35. The lowest BCUT2D eigenvalue weighted by molar-refractivity contribution is -0.115. The average Bonchev–Trinajstić information content (AvgIpc) is 2.42. The molecule has 2 aromatic carbocycles. The van der Waals surface area contributed by atoms with Crippen molar-refractivity contribution in [3.05, 3.63) is 64.1 Å². The van der Waals surface area contributed by atoms with Crippen molar-refractivity contribution in [3.8, 4) is 0 Å². The van der Waals surface area contributed by atoms with Crippen molar-refractivity contribution in [1.29, 1.82) is 0 Å². The molecular formula is C16H14BrNO2. The summed E-state index contributed by atoms with van der Waals surface area (Å²) in [6, 6.07) is 14.4. The quantitative estimate of drug-likeness (QED) is 0.680. The minimum atomic E-state index is -0.304. The van der Waals surface area contributed by atoms with Gasteiger partial charge >= 0.3 is 0 Å². The molecule has 102 valence electrons. The van der Waals surface area contributed by atoms with E-state index < -0.39 is 0 Å². The zero-order chi connectivity index (χ0) is 14.5. The molecular weight excluding hydrogens is 318 g/mol. The highest BCUT2D eigenvalue weighted by Crippen LogP contribution is 2.13. The summed E-state index contributed by atoms with van der Waals surface area (Å²) in [6.45, 7) is 1.97. The molecule has 0 aliphatic carbocycles. The van der Waals surface area contributed by atoms with Gasteiger partial charge in [0, 0.05) is 15.7 Å². The molecule has 0 aromatic heterocycles. The Hall–Kier alpha value is -1.94. The zero-order valence-electron chi connectivity index (χ0n) is 11.0. The van der Waals surface area contributed by atoms with Gasteiger partial charge < -0.3 is 5.32 Å². The van der Waals surface area contributed by atoms with Gasteiger partial charge in [0.15, 0.2) is 5.78 Å². The first-order valence-electron chi connectivity index (χ1n) is 6.20. The summed E-state index contributed by atoms with van der Waals surface area (Å²) in [5, 5.41) is 2.71. The van der Waals surface area contributed by atoms with Crippen LogP contribution in [0.1, 0.15) is 22.3 Å². The molecule has 0 saturated heterocycles. The SMILES string of the molecule is Cc1ccc(NC(=O)CC(=O)c2ccc(Br)cc2)cc1. The Kier molecular flexibility index (Phi) is 4.69. The maximum atomic E-state index is 11.9. The Morgan fingerprint density at radius 2 is 1.60 bits per heavy atom. The van der Waals surface area contributed by atoms with Gasteiger partial charge in [0.1, 0.15) is 0 Å². The van der Waals surface area contributed by atoms with Crippen LogP contribution in [0.2, 0.25) is 0 Å². The van der Waals surface area contributed by atoms with Crippen molar-refractivity contribution in [2.45, 2.75) is 13.3 Å². The van der Waals surface area contributed by atoms with Crippen LogP contribution in [0.5, 0.6) is 0 Å². The summed E-state index contributed by atoms with van der Waals surface area (Å²) in [5.74, 6) is -0.496. The minimum Gasteiger partial charge on any atom is -0.326 e. The Morgan fingerprint density at radius 1 is 1.00 bits per heavy atom. The molecule has 0 unspecified atom stereocenters. The molecule has 0 radical (unpaired) electrons. The molecule has 2 rings (SSSR count). The maximum Gasteiger partial charge on any atom is 0.232 e. The molecule has 2 aromatic rings. The molecule has 1 amide bonds. The number of aryl methyl sites for hydroxylation is 1. The fourth-order valence-corrected chi connectivity index (χ4v) is 1.99.